The lowest BCUT2D eigenvalue weighted by Crippen LogP contribution is -2.37. The zero-order chi connectivity index (χ0) is 11.9. The highest BCUT2D eigenvalue weighted by molar-refractivity contribution is 7.98. The van der Waals surface area contributed by atoms with E-state index in [4.69, 9.17) is 5.73 Å². The summed E-state index contributed by atoms with van der Waals surface area (Å²) in [7, 11) is 0. The van der Waals surface area contributed by atoms with Crippen LogP contribution in [0.25, 0.3) is 0 Å². The van der Waals surface area contributed by atoms with Gasteiger partial charge in [-0.25, -0.2) is 0 Å². The smallest absolute Gasteiger partial charge is 0.227 e. The van der Waals surface area contributed by atoms with Gasteiger partial charge < -0.3 is 11.1 Å². The summed E-state index contributed by atoms with van der Waals surface area (Å²) in [6.45, 7) is 1.33. The molecule has 0 unspecified atom stereocenters. The minimum atomic E-state index is -0.182. The topological polar surface area (TPSA) is 55.1 Å². The lowest BCUT2D eigenvalue weighted by atomic mass is 10.1. The molecule has 1 fully saturated rings. The lowest BCUT2D eigenvalue weighted by Gasteiger charge is -2.12. The summed E-state index contributed by atoms with van der Waals surface area (Å²) in [5.41, 5.74) is 5.41. The lowest BCUT2D eigenvalue weighted by molar-refractivity contribution is -0.125. The van der Waals surface area contributed by atoms with Crippen molar-refractivity contribution >= 4 is 17.7 Å². The summed E-state index contributed by atoms with van der Waals surface area (Å²) in [5, 5.41) is 3.00. The molecule has 0 spiro atoms. The molecule has 0 aromatic carbocycles. The van der Waals surface area contributed by atoms with Crippen LogP contribution >= 0.6 is 11.8 Å². The standard InChI is InChI=1S/C12H24N2OS/c1-16-9-5-3-2-4-8-14-11(15)12(10-13)6-7-12/h2-10,13H2,1H3,(H,14,15). The van der Waals surface area contributed by atoms with Crippen LogP contribution in [0.15, 0.2) is 0 Å². The molecule has 0 heterocycles. The summed E-state index contributed by atoms with van der Waals surface area (Å²) >= 11 is 1.90. The van der Waals surface area contributed by atoms with Gasteiger partial charge in [-0.1, -0.05) is 12.8 Å². The van der Waals surface area contributed by atoms with Crippen LogP contribution in [0.1, 0.15) is 38.5 Å². The van der Waals surface area contributed by atoms with Gasteiger partial charge in [0.05, 0.1) is 5.41 Å². The molecule has 1 rings (SSSR count). The van der Waals surface area contributed by atoms with Gasteiger partial charge in [0.1, 0.15) is 0 Å². The van der Waals surface area contributed by atoms with E-state index in [0.717, 1.165) is 25.8 Å². The van der Waals surface area contributed by atoms with Crippen LogP contribution in [0.4, 0.5) is 0 Å². The number of nitrogens with two attached hydrogens (primary N) is 1. The first-order valence-electron chi connectivity index (χ1n) is 6.22. The Morgan fingerprint density at radius 1 is 1.31 bits per heavy atom. The van der Waals surface area contributed by atoms with Crippen molar-refractivity contribution in [3.8, 4) is 0 Å². The van der Waals surface area contributed by atoms with Gasteiger partial charge in [-0.3, -0.25) is 4.79 Å². The second kappa shape index (κ2) is 7.17. The molecule has 4 heteroatoms. The highest BCUT2D eigenvalue weighted by atomic mass is 32.2. The highest BCUT2D eigenvalue weighted by Crippen LogP contribution is 2.44. The average molecular weight is 244 g/mol. The van der Waals surface area contributed by atoms with E-state index in [0.29, 0.717) is 6.54 Å². The van der Waals surface area contributed by atoms with Crippen LogP contribution in [0, 0.1) is 5.41 Å². The Hall–Kier alpha value is -0.220. The first-order valence-corrected chi connectivity index (χ1v) is 7.62. The minimum absolute atomic E-state index is 0.180. The zero-order valence-corrected chi connectivity index (χ0v) is 11.1. The van der Waals surface area contributed by atoms with Crippen LogP contribution in [0.5, 0.6) is 0 Å². The number of amides is 1. The third kappa shape index (κ3) is 4.34. The Labute approximate surface area is 103 Å². The largest absolute Gasteiger partial charge is 0.356 e. The van der Waals surface area contributed by atoms with Gasteiger partial charge in [0, 0.05) is 13.1 Å². The van der Waals surface area contributed by atoms with Gasteiger partial charge in [0.15, 0.2) is 0 Å². The molecule has 1 saturated carbocycles. The summed E-state index contributed by atoms with van der Waals surface area (Å²) in [6.07, 6.45) is 8.98. The molecule has 0 saturated heterocycles. The molecular formula is C12H24N2OS. The van der Waals surface area contributed by atoms with Gasteiger partial charge >= 0.3 is 0 Å². The second-order valence-corrected chi connectivity index (χ2v) is 5.63. The van der Waals surface area contributed by atoms with Crippen LogP contribution in [-0.2, 0) is 4.79 Å². The fourth-order valence-electron chi connectivity index (χ4n) is 1.79. The van der Waals surface area contributed by atoms with Gasteiger partial charge in [-0.2, -0.15) is 11.8 Å². The van der Waals surface area contributed by atoms with E-state index in [1.807, 2.05) is 11.8 Å². The number of rotatable bonds is 9. The summed E-state index contributed by atoms with van der Waals surface area (Å²) in [5.74, 6) is 1.43. The first-order chi connectivity index (χ1) is 7.75. The van der Waals surface area contributed by atoms with E-state index in [1.165, 1.54) is 25.0 Å². The summed E-state index contributed by atoms with van der Waals surface area (Å²) in [6, 6.07) is 0. The fourth-order valence-corrected chi connectivity index (χ4v) is 2.28. The third-order valence-electron chi connectivity index (χ3n) is 3.29. The van der Waals surface area contributed by atoms with E-state index in [1.54, 1.807) is 0 Å². The average Bonchev–Trinajstić information content (AvgIpc) is 3.08. The fraction of sp³-hybridized carbons (Fsp3) is 0.917. The maximum absolute atomic E-state index is 11.7. The first kappa shape index (κ1) is 13.8. The van der Waals surface area contributed by atoms with Crippen molar-refractivity contribution < 1.29 is 4.79 Å². The third-order valence-corrected chi connectivity index (χ3v) is 3.98. The normalized spacial score (nSPS) is 17.1. The molecule has 0 aromatic heterocycles. The number of nitrogens with one attached hydrogen (secondary N) is 1. The molecule has 1 aliphatic rings. The van der Waals surface area contributed by atoms with Gasteiger partial charge in [-0.15, -0.1) is 0 Å². The van der Waals surface area contributed by atoms with Crippen LogP contribution in [0.2, 0.25) is 0 Å². The highest BCUT2D eigenvalue weighted by Gasteiger charge is 2.48. The van der Waals surface area contributed by atoms with Crippen LogP contribution < -0.4 is 11.1 Å². The monoisotopic (exact) mass is 244 g/mol. The molecule has 0 radical (unpaired) electrons. The number of unbranched alkanes of at least 4 members (excludes halogenated alkanes) is 3. The molecule has 16 heavy (non-hydrogen) atoms. The van der Waals surface area contributed by atoms with Crippen molar-refractivity contribution in [2.75, 3.05) is 25.1 Å². The molecule has 3 N–H and O–H groups in total. The quantitative estimate of drug-likeness (QED) is 0.608. The molecule has 94 valence electrons. The number of thioether (sulfide) groups is 1. The summed E-state index contributed by atoms with van der Waals surface area (Å²) in [4.78, 5) is 11.7. The molecule has 0 aliphatic heterocycles. The van der Waals surface area contributed by atoms with Gasteiger partial charge in [0.25, 0.3) is 0 Å². The molecular weight excluding hydrogens is 220 g/mol. The van der Waals surface area contributed by atoms with Crippen molar-refractivity contribution in [3.63, 3.8) is 0 Å². The Kier molecular flexibility index (Phi) is 6.21. The maximum Gasteiger partial charge on any atom is 0.227 e. The van der Waals surface area contributed by atoms with Crippen molar-refractivity contribution in [1.29, 1.82) is 0 Å². The molecule has 0 atom stereocenters. The Morgan fingerprint density at radius 3 is 2.56 bits per heavy atom. The predicted octanol–water partition coefficient (Wildman–Crippen LogP) is 1.76. The molecule has 1 aliphatic carbocycles. The van der Waals surface area contributed by atoms with Gasteiger partial charge in [0.2, 0.25) is 5.91 Å². The van der Waals surface area contributed by atoms with Crippen LogP contribution in [0.3, 0.4) is 0 Å². The molecule has 3 nitrogen and oxygen atoms in total. The number of carbonyl (C=O) groups excluding carboxylic acids is 1. The van der Waals surface area contributed by atoms with Gasteiger partial charge in [-0.05, 0) is 37.7 Å². The minimum Gasteiger partial charge on any atom is -0.356 e. The van der Waals surface area contributed by atoms with Crippen molar-refractivity contribution in [1.82, 2.24) is 5.32 Å². The van der Waals surface area contributed by atoms with Crippen molar-refractivity contribution in [3.05, 3.63) is 0 Å². The Bertz CT molecular complexity index is 217. The second-order valence-electron chi connectivity index (χ2n) is 4.65. The van der Waals surface area contributed by atoms with Crippen molar-refractivity contribution in [2.45, 2.75) is 38.5 Å². The maximum atomic E-state index is 11.7. The van der Waals surface area contributed by atoms with E-state index in [-0.39, 0.29) is 11.3 Å². The molecule has 0 bridgehead atoms. The van der Waals surface area contributed by atoms with E-state index in [9.17, 15) is 4.79 Å². The van der Waals surface area contributed by atoms with Crippen molar-refractivity contribution in [2.24, 2.45) is 11.1 Å². The number of carbonyl (C=O) groups is 1. The SMILES string of the molecule is CSCCCCCCNC(=O)C1(CN)CC1. The number of hydrogen-bond donors (Lipinski definition) is 2. The van der Waals surface area contributed by atoms with E-state index < -0.39 is 0 Å². The van der Waals surface area contributed by atoms with E-state index >= 15 is 0 Å². The summed E-state index contributed by atoms with van der Waals surface area (Å²) < 4.78 is 0. The number of hydrogen-bond acceptors (Lipinski definition) is 3. The Balaban J connectivity index is 1.93. The van der Waals surface area contributed by atoms with E-state index in [2.05, 4.69) is 11.6 Å². The molecule has 0 aromatic rings. The zero-order valence-electron chi connectivity index (χ0n) is 10.3. The molecule has 1 amide bonds. The predicted molar refractivity (Wildman–Crippen MR) is 70.6 cm³/mol. The van der Waals surface area contributed by atoms with Crippen LogP contribution in [-0.4, -0.2) is 31.0 Å². The Morgan fingerprint density at radius 2 is 2.00 bits per heavy atom.